The summed E-state index contributed by atoms with van der Waals surface area (Å²) >= 11 is 0. The first-order valence-corrected chi connectivity index (χ1v) is 10.7. The number of aryl methyl sites for hydroxylation is 1. The number of nitriles is 1. The lowest BCUT2D eigenvalue weighted by molar-refractivity contribution is -0.137. The van der Waals surface area contributed by atoms with Crippen LogP contribution < -0.4 is 10.6 Å². The second-order valence-electron chi connectivity index (χ2n) is 8.13. The molecular formula is C26H19F3N4O5. The summed E-state index contributed by atoms with van der Waals surface area (Å²) in [5, 5.41) is 41.5. The van der Waals surface area contributed by atoms with Crippen LogP contribution in [0.2, 0.25) is 0 Å². The number of carbonyl (C=O) groups is 3. The van der Waals surface area contributed by atoms with E-state index in [4.69, 9.17) is 10.7 Å². The summed E-state index contributed by atoms with van der Waals surface area (Å²) in [6.45, 7) is 2.58. The van der Waals surface area contributed by atoms with E-state index < -0.39 is 52.1 Å². The number of carboxylic acid groups (broad SMARTS) is 1. The van der Waals surface area contributed by atoms with Crippen molar-refractivity contribution in [3.05, 3.63) is 76.3 Å². The van der Waals surface area contributed by atoms with Gasteiger partial charge in [0.25, 0.3) is 5.91 Å². The van der Waals surface area contributed by atoms with Crippen LogP contribution >= 0.6 is 0 Å². The van der Waals surface area contributed by atoms with Crippen molar-refractivity contribution < 1.29 is 37.8 Å². The molecule has 3 aromatic rings. The quantitative estimate of drug-likeness (QED) is 0.287. The normalized spacial score (nSPS) is 10.8. The van der Waals surface area contributed by atoms with Crippen LogP contribution in [0.25, 0.3) is 11.1 Å². The fourth-order valence-electron chi connectivity index (χ4n) is 3.68. The van der Waals surface area contributed by atoms with Crippen LogP contribution in [-0.2, 0) is 15.8 Å². The predicted molar refractivity (Wildman–Crippen MR) is 131 cm³/mol. The van der Waals surface area contributed by atoms with Gasteiger partial charge < -0.3 is 20.8 Å². The van der Waals surface area contributed by atoms with Gasteiger partial charge in [-0.1, -0.05) is 6.07 Å². The number of benzene rings is 3. The van der Waals surface area contributed by atoms with E-state index in [1.54, 1.807) is 6.07 Å². The molecule has 0 heterocycles. The second kappa shape index (κ2) is 10.4. The molecule has 3 aromatic carbocycles. The molecule has 0 aliphatic carbocycles. The number of nitrogens with zero attached hydrogens (tertiary/aromatic N) is 1. The number of halogens is 3. The standard InChI is InChI=1S/C26H19F3N4O5/c1-12-7-22(35)19(23(31)24(36)33-21-6-3-14(11-30)8-18(21)25(37)38)10-17(12)16-5-4-15(32-13(2)34)9-20(16)26(27,28)29/h3-10,31,35H,1-2H3,(H,32,34)(H,33,36)(H,37,38). The van der Waals surface area contributed by atoms with E-state index in [1.165, 1.54) is 19.1 Å². The molecule has 9 nitrogen and oxygen atoms in total. The maximum absolute atomic E-state index is 13.9. The predicted octanol–water partition coefficient (Wildman–Crippen LogP) is 4.92. The molecule has 0 bridgehead atoms. The van der Waals surface area contributed by atoms with Gasteiger partial charge in [0.05, 0.1) is 28.4 Å². The van der Waals surface area contributed by atoms with Crippen LogP contribution in [0.15, 0.2) is 48.5 Å². The van der Waals surface area contributed by atoms with Crippen LogP contribution in [0.3, 0.4) is 0 Å². The zero-order valence-electron chi connectivity index (χ0n) is 19.8. The summed E-state index contributed by atoms with van der Waals surface area (Å²) in [7, 11) is 0. The van der Waals surface area contributed by atoms with E-state index in [0.717, 1.165) is 43.3 Å². The molecule has 5 N–H and O–H groups in total. The van der Waals surface area contributed by atoms with Gasteiger partial charge in [0.2, 0.25) is 5.91 Å². The molecule has 0 saturated carbocycles. The SMILES string of the molecule is CC(=O)Nc1ccc(-c2cc(C(=N)C(=O)Nc3ccc(C#N)cc3C(=O)O)c(O)cc2C)c(C(F)(F)F)c1. The molecule has 0 saturated heterocycles. The fourth-order valence-corrected chi connectivity index (χ4v) is 3.68. The minimum atomic E-state index is -4.83. The van der Waals surface area contributed by atoms with Gasteiger partial charge in [0.15, 0.2) is 0 Å². The van der Waals surface area contributed by atoms with Crippen molar-refractivity contribution >= 4 is 34.9 Å². The second-order valence-corrected chi connectivity index (χ2v) is 8.13. The van der Waals surface area contributed by atoms with Gasteiger partial charge >= 0.3 is 12.1 Å². The van der Waals surface area contributed by atoms with Crippen molar-refractivity contribution in [3.8, 4) is 22.9 Å². The Bertz CT molecular complexity index is 1540. The van der Waals surface area contributed by atoms with E-state index >= 15 is 0 Å². The third-order valence-electron chi connectivity index (χ3n) is 5.40. The smallest absolute Gasteiger partial charge is 0.417 e. The summed E-state index contributed by atoms with van der Waals surface area (Å²) in [5.74, 6) is -3.74. The van der Waals surface area contributed by atoms with E-state index in [0.29, 0.717) is 0 Å². The minimum Gasteiger partial charge on any atom is -0.507 e. The number of phenolic OH excluding ortho intramolecular Hbond substituents is 1. The summed E-state index contributed by atoms with van der Waals surface area (Å²) in [6.07, 6.45) is -4.83. The van der Waals surface area contributed by atoms with Crippen molar-refractivity contribution in [3.63, 3.8) is 0 Å². The number of carboxylic acids is 1. The van der Waals surface area contributed by atoms with Crippen molar-refractivity contribution in [2.75, 3.05) is 10.6 Å². The lowest BCUT2D eigenvalue weighted by Crippen LogP contribution is -2.24. The summed E-state index contributed by atoms with van der Waals surface area (Å²) in [4.78, 5) is 35.6. The average molecular weight is 524 g/mol. The number of aromatic carboxylic acids is 1. The monoisotopic (exact) mass is 524 g/mol. The Labute approximate surface area is 213 Å². The Morgan fingerprint density at radius 3 is 2.24 bits per heavy atom. The summed E-state index contributed by atoms with van der Waals surface area (Å²) in [6, 6.07) is 10.5. The topological polar surface area (TPSA) is 163 Å². The molecule has 2 amide bonds. The van der Waals surface area contributed by atoms with Gasteiger partial charge in [0, 0.05) is 18.2 Å². The lowest BCUT2D eigenvalue weighted by Gasteiger charge is -2.18. The lowest BCUT2D eigenvalue weighted by atomic mass is 9.92. The van der Waals surface area contributed by atoms with Gasteiger partial charge in [-0.05, 0) is 66.1 Å². The summed E-state index contributed by atoms with van der Waals surface area (Å²) in [5.41, 5.74) is -3.24. The van der Waals surface area contributed by atoms with Crippen LogP contribution in [0.5, 0.6) is 5.75 Å². The first-order chi connectivity index (χ1) is 17.7. The number of amides is 2. The van der Waals surface area contributed by atoms with Crippen molar-refractivity contribution in [2.45, 2.75) is 20.0 Å². The van der Waals surface area contributed by atoms with Gasteiger partial charge in [-0.25, -0.2) is 4.79 Å². The highest BCUT2D eigenvalue weighted by atomic mass is 19.4. The number of phenols is 1. The number of anilines is 2. The van der Waals surface area contributed by atoms with Crippen molar-refractivity contribution in [1.82, 2.24) is 0 Å². The highest BCUT2D eigenvalue weighted by molar-refractivity contribution is 6.48. The molecule has 0 fully saturated rings. The Balaban J connectivity index is 2.06. The van der Waals surface area contributed by atoms with E-state index in [1.807, 2.05) is 0 Å². The average Bonchev–Trinajstić information content (AvgIpc) is 2.83. The number of nitrogens with one attached hydrogen (secondary N) is 3. The van der Waals surface area contributed by atoms with E-state index in [-0.39, 0.29) is 33.6 Å². The molecule has 12 heteroatoms. The number of rotatable bonds is 6. The fraction of sp³-hybridized carbons (Fsp3) is 0.115. The number of alkyl halides is 3. The highest BCUT2D eigenvalue weighted by Crippen LogP contribution is 2.41. The molecule has 38 heavy (non-hydrogen) atoms. The van der Waals surface area contributed by atoms with Gasteiger partial charge in [-0.2, -0.15) is 18.4 Å². The first-order valence-electron chi connectivity index (χ1n) is 10.7. The van der Waals surface area contributed by atoms with Crippen molar-refractivity contribution in [1.29, 1.82) is 10.7 Å². The third-order valence-corrected chi connectivity index (χ3v) is 5.40. The molecule has 194 valence electrons. The van der Waals surface area contributed by atoms with Crippen molar-refractivity contribution in [2.24, 2.45) is 0 Å². The first kappa shape index (κ1) is 27.4. The molecule has 0 aliphatic rings. The zero-order chi connectivity index (χ0) is 28.4. The van der Waals surface area contributed by atoms with Crippen LogP contribution in [0.4, 0.5) is 24.5 Å². The highest BCUT2D eigenvalue weighted by Gasteiger charge is 2.35. The Hall–Kier alpha value is -5.18. The number of aromatic hydroxyl groups is 1. The largest absolute Gasteiger partial charge is 0.507 e. The van der Waals surface area contributed by atoms with Gasteiger partial charge in [-0.3, -0.25) is 15.0 Å². The molecule has 3 rings (SSSR count). The maximum atomic E-state index is 13.9. The van der Waals surface area contributed by atoms with E-state index in [9.17, 15) is 37.8 Å². The van der Waals surface area contributed by atoms with Gasteiger partial charge in [-0.15, -0.1) is 0 Å². The zero-order valence-corrected chi connectivity index (χ0v) is 19.8. The molecular weight excluding hydrogens is 505 g/mol. The maximum Gasteiger partial charge on any atom is 0.417 e. The number of carbonyl (C=O) groups excluding carboxylic acids is 2. The Morgan fingerprint density at radius 2 is 1.66 bits per heavy atom. The Morgan fingerprint density at radius 1 is 0.974 bits per heavy atom. The molecule has 0 atom stereocenters. The number of hydrogen-bond acceptors (Lipinski definition) is 6. The summed E-state index contributed by atoms with van der Waals surface area (Å²) < 4.78 is 41.7. The van der Waals surface area contributed by atoms with Gasteiger partial charge in [0.1, 0.15) is 11.5 Å². The molecule has 0 aromatic heterocycles. The van der Waals surface area contributed by atoms with Crippen LogP contribution in [-0.4, -0.2) is 33.7 Å². The minimum absolute atomic E-state index is 0.0151. The number of hydrogen-bond donors (Lipinski definition) is 5. The molecule has 0 unspecified atom stereocenters. The molecule has 0 spiro atoms. The van der Waals surface area contributed by atoms with Crippen LogP contribution in [0.1, 0.15) is 39.5 Å². The van der Waals surface area contributed by atoms with E-state index in [2.05, 4.69) is 10.6 Å². The molecule has 0 aliphatic heterocycles. The van der Waals surface area contributed by atoms with Crippen LogP contribution in [0, 0.1) is 23.7 Å². The molecule has 0 radical (unpaired) electrons. The third kappa shape index (κ3) is 5.79. The Kier molecular flexibility index (Phi) is 7.53.